The van der Waals surface area contributed by atoms with Crippen LogP contribution < -0.4 is 15.4 Å². The van der Waals surface area contributed by atoms with E-state index in [1.807, 2.05) is 31.2 Å². The first-order valence-electron chi connectivity index (χ1n) is 12.0. The number of hydrogen-bond donors (Lipinski definition) is 3. The third-order valence-corrected chi connectivity index (χ3v) is 6.01. The van der Waals surface area contributed by atoms with Gasteiger partial charge in [-0.2, -0.15) is 12.6 Å². The number of methoxy groups -OCH3 is 1. The molecule has 3 rings (SSSR count). The molecular formula is C27H35N3O5S. The van der Waals surface area contributed by atoms with E-state index in [-0.39, 0.29) is 23.6 Å². The Morgan fingerprint density at radius 3 is 2.17 bits per heavy atom. The van der Waals surface area contributed by atoms with E-state index in [1.165, 1.54) is 0 Å². The van der Waals surface area contributed by atoms with E-state index < -0.39 is 23.8 Å². The SMILES string of the molecule is COc1ccc(NC(=O)C(c2ccc(C)cc2)N(C(=O)C(CS)NC(=O)OC(C)(C)C)C2CC2)cc1. The van der Waals surface area contributed by atoms with Gasteiger partial charge in [0.05, 0.1) is 7.11 Å². The van der Waals surface area contributed by atoms with E-state index >= 15 is 0 Å². The molecule has 36 heavy (non-hydrogen) atoms. The molecule has 0 spiro atoms. The summed E-state index contributed by atoms with van der Waals surface area (Å²) in [5, 5.41) is 5.56. The quantitative estimate of drug-likeness (QED) is 0.429. The Bertz CT molecular complexity index is 1060. The standard InChI is InChI=1S/C27H35N3O5S/c1-17-6-8-18(9-7-17)23(24(31)28-19-10-14-21(34-5)15-11-19)30(20-12-13-20)25(32)22(16-36)29-26(33)35-27(2,3)4/h6-11,14-15,20,22-23,36H,12-13,16H2,1-5H3,(H,28,31)(H,29,33). The minimum atomic E-state index is -0.953. The molecule has 0 heterocycles. The van der Waals surface area contributed by atoms with Crippen LogP contribution >= 0.6 is 12.6 Å². The Hall–Kier alpha value is -3.20. The average molecular weight is 514 g/mol. The highest BCUT2D eigenvalue weighted by atomic mass is 32.1. The number of aryl methyl sites for hydroxylation is 1. The summed E-state index contributed by atoms with van der Waals surface area (Å²) < 4.78 is 10.5. The number of nitrogens with one attached hydrogen (secondary N) is 2. The van der Waals surface area contributed by atoms with Gasteiger partial charge in [-0.15, -0.1) is 0 Å². The van der Waals surface area contributed by atoms with Gasteiger partial charge in [0.1, 0.15) is 23.4 Å². The molecule has 0 saturated heterocycles. The summed E-state index contributed by atoms with van der Waals surface area (Å²) in [5.74, 6) is -0.00173. The van der Waals surface area contributed by atoms with Crippen molar-refractivity contribution in [1.82, 2.24) is 10.2 Å². The zero-order chi connectivity index (χ0) is 26.5. The van der Waals surface area contributed by atoms with Gasteiger partial charge in [-0.25, -0.2) is 4.79 Å². The highest BCUT2D eigenvalue weighted by molar-refractivity contribution is 7.80. The van der Waals surface area contributed by atoms with Gasteiger partial charge in [0, 0.05) is 17.5 Å². The minimum Gasteiger partial charge on any atom is -0.497 e. The van der Waals surface area contributed by atoms with Crippen LogP contribution in [0.2, 0.25) is 0 Å². The summed E-state index contributed by atoms with van der Waals surface area (Å²) in [6.45, 7) is 7.20. The van der Waals surface area contributed by atoms with Crippen molar-refractivity contribution in [1.29, 1.82) is 0 Å². The molecule has 2 unspecified atom stereocenters. The molecule has 3 amide bonds. The van der Waals surface area contributed by atoms with E-state index in [9.17, 15) is 14.4 Å². The third kappa shape index (κ3) is 7.40. The van der Waals surface area contributed by atoms with Crippen LogP contribution in [-0.4, -0.2) is 53.4 Å². The second-order valence-electron chi connectivity index (χ2n) is 9.89. The molecule has 0 aliphatic heterocycles. The number of nitrogens with zero attached hydrogens (tertiary/aromatic N) is 1. The molecule has 0 radical (unpaired) electrons. The highest BCUT2D eigenvalue weighted by Crippen LogP contribution is 2.36. The van der Waals surface area contributed by atoms with Crippen molar-refractivity contribution < 1.29 is 23.9 Å². The van der Waals surface area contributed by atoms with Crippen LogP contribution in [0.4, 0.5) is 10.5 Å². The molecule has 2 aromatic rings. The first-order valence-corrected chi connectivity index (χ1v) is 12.6. The van der Waals surface area contributed by atoms with Gasteiger partial charge < -0.3 is 25.0 Å². The Morgan fingerprint density at radius 2 is 1.67 bits per heavy atom. The fourth-order valence-electron chi connectivity index (χ4n) is 3.76. The van der Waals surface area contributed by atoms with E-state index in [1.54, 1.807) is 57.0 Å². The van der Waals surface area contributed by atoms with Gasteiger partial charge in [0.25, 0.3) is 5.91 Å². The molecule has 0 aromatic heterocycles. The Kier molecular flexibility index (Phi) is 8.89. The normalized spacial score (nSPS) is 14.8. The van der Waals surface area contributed by atoms with Crippen LogP contribution in [0.15, 0.2) is 48.5 Å². The lowest BCUT2D eigenvalue weighted by Gasteiger charge is -2.34. The zero-order valence-corrected chi connectivity index (χ0v) is 22.3. The summed E-state index contributed by atoms with van der Waals surface area (Å²) in [4.78, 5) is 41.5. The largest absolute Gasteiger partial charge is 0.497 e. The molecule has 9 heteroatoms. The van der Waals surface area contributed by atoms with Gasteiger partial charge in [-0.3, -0.25) is 9.59 Å². The van der Waals surface area contributed by atoms with E-state index in [2.05, 4.69) is 23.3 Å². The van der Waals surface area contributed by atoms with Crippen LogP contribution in [0.3, 0.4) is 0 Å². The Balaban J connectivity index is 1.91. The summed E-state index contributed by atoms with van der Waals surface area (Å²) >= 11 is 4.31. The zero-order valence-electron chi connectivity index (χ0n) is 21.4. The minimum absolute atomic E-state index is 0.0576. The Labute approximate surface area is 218 Å². The number of alkyl carbamates (subject to hydrolysis) is 1. The lowest BCUT2D eigenvalue weighted by Crippen LogP contribution is -2.54. The fraction of sp³-hybridized carbons (Fsp3) is 0.444. The van der Waals surface area contributed by atoms with E-state index in [0.29, 0.717) is 17.0 Å². The molecule has 194 valence electrons. The number of rotatable bonds is 9. The van der Waals surface area contributed by atoms with Crippen LogP contribution in [0.1, 0.15) is 50.8 Å². The number of hydrogen-bond acceptors (Lipinski definition) is 6. The van der Waals surface area contributed by atoms with E-state index in [0.717, 1.165) is 18.4 Å². The summed E-state index contributed by atoms with van der Waals surface area (Å²) in [6.07, 6.45) is 0.839. The average Bonchev–Trinajstić information content (AvgIpc) is 3.65. The molecule has 2 atom stereocenters. The van der Waals surface area contributed by atoms with Crippen molar-refractivity contribution >= 4 is 36.2 Å². The van der Waals surface area contributed by atoms with Crippen molar-refractivity contribution in [2.75, 3.05) is 18.2 Å². The molecular weight excluding hydrogens is 478 g/mol. The summed E-state index contributed by atoms with van der Waals surface area (Å²) in [7, 11) is 1.57. The third-order valence-electron chi connectivity index (χ3n) is 5.64. The number of anilines is 1. The lowest BCUT2D eigenvalue weighted by molar-refractivity contribution is -0.141. The van der Waals surface area contributed by atoms with Crippen molar-refractivity contribution in [3.63, 3.8) is 0 Å². The monoisotopic (exact) mass is 513 g/mol. The van der Waals surface area contributed by atoms with Crippen LogP contribution in [0.25, 0.3) is 0 Å². The van der Waals surface area contributed by atoms with Crippen molar-refractivity contribution in [2.24, 2.45) is 0 Å². The topological polar surface area (TPSA) is 97.0 Å². The number of ether oxygens (including phenoxy) is 2. The second kappa shape index (κ2) is 11.7. The highest BCUT2D eigenvalue weighted by Gasteiger charge is 2.43. The fourth-order valence-corrected chi connectivity index (χ4v) is 4.01. The van der Waals surface area contributed by atoms with Gasteiger partial charge in [0.15, 0.2) is 0 Å². The van der Waals surface area contributed by atoms with Crippen molar-refractivity contribution in [2.45, 2.75) is 64.3 Å². The maximum absolute atomic E-state index is 13.8. The molecule has 1 aliphatic carbocycles. The second-order valence-corrected chi connectivity index (χ2v) is 10.3. The number of thiol groups is 1. The maximum Gasteiger partial charge on any atom is 0.408 e. The van der Waals surface area contributed by atoms with Gasteiger partial charge in [-0.05, 0) is 70.4 Å². The van der Waals surface area contributed by atoms with Crippen LogP contribution in [-0.2, 0) is 14.3 Å². The predicted molar refractivity (Wildman–Crippen MR) is 142 cm³/mol. The van der Waals surface area contributed by atoms with Crippen molar-refractivity contribution in [3.05, 3.63) is 59.7 Å². The molecule has 1 saturated carbocycles. The Morgan fingerprint density at radius 1 is 1.06 bits per heavy atom. The smallest absolute Gasteiger partial charge is 0.408 e. The molecule has 8 nitrogen and oxygen atoms in total. The first kappa shape index (κ1) is 27.4. The van der Waals surface area contributed by atoms with Gasteiger partial charge in [0.2, 0.25) is 5.91 Å². The van der Waals surface area contributed by atoms with Crippen LogP contribution in [0, 0.1) is 6.92 Å². The summed E-state index contributed by atoms with van der Waals surface area (Å²) in [5.41, 5.74) is 1.59. The molecule has 2 N–H and O–H groups in total. The van der Waals surface area contributed by atoms with Crippen molar-refractivity contribution in [3.8, 4) is 5.75 Å². The van der Waals surface area contributed by atoms with Gasteiger partial charge in [-0.1, -0.05) is 29.8 Å². The molecule has 2 aromatic carbocycles. The number of carbonyl (C=O) groups excluding carboxylic acids is 3. The maximum atomic E-state index is 13.8. The number of amides is 3. The lowest BCUT2D eigenvalue weighted by atomic mass is 10.0. The first-order chi connectivity index (χ1) is 17.0. The molecule has 1 fully saturated rings. The predicted octanol–water partition coefficient (Wildman–Crippen LogP) is 4.50. The number of carbonyl (C=O) groups is 3. The number of benzene rings is 2. The van der Waals surface area contributed by atoms with E-state index in [4.69, 9.17) is 9.47 Å². The molecule has 1 aliphatic rings. The van der Waals surface area contributed by atoms with Gasteiger partial charge >= 0.3 is 6.09 Å². The molecule has 0 bridgehead atoms. The summed E-state index contributed by atoms with van der Waals surface area (Å²) in [6, 6.07) is 12.6. The van der Waals surface area contributed by atoms with Crippen LogP contribution in [0.5, 0.6) is 5.75 Å².